The summed E-state index contributed by atoms with van der Waals surface area (Å²) in [5.74, 6) is -0.778. The van der Waals surface area contributed by atoms with Gasteiger partial charge in [0, 0.05) is 7.05 Å². The van der Waals surface area contributed by atoms with Crippen LogP contribution in [0.25, 0.3) is 0 Å². The second kappa shape index (κ2) is 7.66. The van der Waals surface area contributed by atoms with E-state index in [0.717, 1.165) is 6.26 Å². The summed E-state index contributed by atoms with van der Waals surface area (Å²) < 4.78 is 42.7. The molecule has 29 heavy (non-hydrogen) atoms. The topological polar surface area (TPSA) is 75.7 Å². The van der Waals surface area contributed by atoms with Gasteiger partial charge in [-0.25, -0.2) is 4.39 Å². The van der Waals surface area contributed by atoms with Crippen LogP contribution in [-0.4, -0.2) is 37.6 Å². The Labute approximate surface area is 182 Å². The van der Waals surface area contributed by atoms with Gasteiger partial charge in [-0.05, 0) is 69.5 Å². The van der Waals surface area contributed by atoms with Crippen LogP contribution in [0.15, 0.2) is 40.9 Å². The molecule has 0 aliphatic carbocycles. The Morgan fingerprint density at radius 1 is 1.24 bits per heavy atom. The molecule has 1 unspecified atom stereocenters. The van der Waals surface area contributed by atoms with E-state index in [9.17, 15) is 17.6 Å². The number of carbonyl (C=O) groups excluding carboxylic acids is 1. The zero-order chi connectivity index (χ0) is 21.6. The number of thiocarbonyl (C=S) groups is 1. The van der Waals surface area contributed by atoms with Gasteiger partial charge in [0.05, 0.1) is 10.7 Å². The van der Waals surface area contributed by atoms with Crippen molar-refractivity contribution in [3.8, 4) is 5.75 Å². The van der Waals surface area contributed by atoms with Gasteiger partial charge in [0.1, 0.15) is 11.6 Å². The highest BCUT2D eigenvalue weighted by Crippen LogP contribution is 2.42. The third kappa shape index (κ3) is 3.76. The molecule has 1 saturated heterocycles. The maximum absolute atomic E-state index is 13.9. The highest BCUT2D eigenvalue weighted by atomic mass is 79.9. The normalized spacial score (nSPS) is 19.4. The number of halogens is 2. The third-order valence-electron chi connectivity index (χ3n) is 4.80. The van der Waals surface area contributed by atoms with Crippen molar-refractivity contribution >= 4 is 49.3 Å². The maximum atomic E-state index is 13.9. The maximum Gasteiger partial charge on any atom is 0.306 e. The summed E-state index contributed by atoms with van der Waals surface area (Å²) in [5.41, 5.74) is 0.139. The van der Waals surface area contributed by atoms with Crippen molar-refractivity contribution in [3.63, 3.8) is 0 Å². The molecule has 2 aromatic carbocycles. The Morgan fingerprint density at radius 2 is 1.86 bits per heavy atom. The molecule has 1 heterocycles. The zero-order valence-electron chi connectivity index (χ0n) is 15.8. The molecule has 1 aliphatic heterocycles. The van der Waals surface area contributed by atoms with Gasteiger partial charge in [0.2, 0.25) is 0 Å². The number of nitrogens with one attached hydrogen (secondary N) is 1. The van der Waals surface area contributed by atoms with Crippen molar-refractivity contribution in [2.24, 2.45) is 0 Å². The number of carbonyl (C=O) groups is 1. The molecule has 0 aromatic heterocycles. The molecule has 10 heteroatoms. The number of rotatable bonds is 5. The summed E-state index contributed by atoms with van der Waals surface area (Å²) in [6.07, 6.45) is 1.48. The molecule has 2 aromatic rings. The number of hydrogen-bond donors (Lipinski definition) is 1. The first-order valence-corrected chi connectivity index (χ1v) is 11.6. The van der Waals surface area contributed by atoms with Crippen molar-refractivity contribution in [1.82, 2.24) is 10.2 Å². The summed E-state index contributed by atoms with van der Waals surface area (Å²) in [6.45, 7) is 1.86. The monoisotopic (exact) mass is 500 g/mol. The first-order valence-electron chi connectivity index (χ1n) is 8.58. The molecule has 0 saturated carbocycles. The predicted molar refractivity (Wildman–Crippen MR) is 115 cm³/mol. The number of nitrogens with zero attached hydrogens (tertiary/aromatic N) is 1. The van der Waals surface area contributed by atoms with Crippen LogP contribution in [0.2, 0.25) is 0 Å². The smallest absolute Gasteiger partial charge is 0.306 e. The predicted octanol–water partition coefficient (Wildman–Crippen LogP) is 3.08. The van der Waals surface area contributed by atoms with Crippen LogP contribution >= 0.6 is 28.1 Å². The van der Waals surface area contributed by atoms with E-state index in [4.69, 9.17) is 16.4 Å². The molecule has 6 nitrogen and oxygen atoms in total. The summed E-state index contributed by atoms with van der Waals surface area (Å²) in [5, 5.41) is 2.83. The average molecular weight is 501 g/mol. The standard InChI is InChI=1S/C19H18BrFN2O4S2/c1-4-11-5-6-13(10-16(11)27-29(3,25)26)19(17(24)22-18(28)23(19)2)12-7-8-15(21)14(20)9-12/h5-10H,4H2,1-3H3,(H,22,24,28). The van der Waals surface area contributed by atoms with Gasteiger partial charge in [-0.15, -0.1) is 0 Å². The molecule has 0 bridgehead atoms. The lowest BCUT2D eigenvalue weighted by Crippen LogP contribution is -2.46. The molecule has 3 rings (SSSR count). The second-order valence-corrected chi connectivity index (χ2v) is 9.44. The minimum atomic E-state index is -3.78. The van der Waals surface area contributed by atoms with Gasteiger partial charge in [-0.3, -0.25) is 4.79 Å². The van der Waals surface area contributed by atoms with E-state index in [1.54, 1.807) is 24.1 Å². The van der Waals surface area contributed by atoms with Gasteiger partial charge in [-0.2, -0.15) is 8.42 Å². The van der Waals surface area contributed by atoms with E-state index >= 15 is 0 Å². The largest absolute Gasteiger partial charge is 0.382 e. The fourth-order valence-electron chi connectivity index (χ4n) is 3.43. The van der Waals surface area contributed by atoms with Crippen LogP contribution in [0.1, 0.15) is 23.6 Å². The Kier molecular flexibility index (Phi) is 5.72. The van der Waals surface area contributed by atoms with E-state index < -0.39 is 27.4 Å². The lowest BCUT2D eigenvalue weighted by atomic mass is 9.81. The van der Waals surface area contributed by atoms with Crippen LogP contribution in [-0.2, 0) is 26.9 Å². The first kappa shape index (κ1) is 21.7. The van der Waals surface area contributed by atoms with E-state index in [2.05, 4.69) is 21.2 Å². The lowest BCUT2D eigenvalue weighted by Gasteiger charge is -2.35. The fourth-order valence-corrected chi connectivity index (χ4v) is 4.52. The van der Waals surface area contributed by atoms with Crippen molar-refractivity contribution in [2.45, 2.75) is 18.9 Å². The number of amides is 1. The molecule has 154 valence electrons. The van der Waals surface area contributed by atoms with Crippen LogP contribution in [0.3, 0.4) is 0 Å². The van der Waals surface area contributed by atoms with Crippen LogP contribution < -0.4 is 9.50 Å². The minimum Gasteiger partial charge on any atom is -0.382 e. The SMILES string of the molecule is CCc1ccc(C2(c3ccc(F)c(Br)c3)C(=O)NC(=S)N2C)cc1OS(C)(=O)=O. The van der Waals surface area contributed by atoms with Crippen LogP contribution in [0.5, 0.6) is 5.75 Å². The summed E-state index contributed by atoms with van der Waals surface area (Å²) in [4.78, 5) is 14.7. The van der Waals surface area contributed by atoms with Gasteiger partial charge in [0.15, 0.2) is 10.7 Å². The van der Waals surface area contributed by atoms with E-state index in [-0.39, 0.29) is 15.3 Å². The Morgan fingerprint density at radius 3 is 2.38 bits per heavy atom. The quantitative estimate of drug-likeness (QED) is 0.502. The molecule has 1 fully saturated rings. The van der Waals surface area contributed by atoms with Gasteiger partial charge in [-0.1, -0.05) is 25.1 Å². The number of likely N-dealkylation sites (N-methyl/N-ethyl adjacent to an activating group) is 1. The summed E-state index contributed by atoms with van der Waals surface area (Å²) in [6, 6.07) is 9.19. The number of hydrogen-bond acceptors (Lipinski definition) is 5. The Balaban J connectivity index is 2.31. The fraction of sp³-hybridized carbons (Fsp3) is 0.263. The molecule has 0 radical (unpaired) electrons. The molecular weight excluding hydrogens is 483 g/mol. The molecule has 1 amide bonds. The average Bonchev–Trinajstić information content (AvgIpc) is 2.86. The molecular formula is C19H18BrFN2O4S2. The van der Waals surface area contributed by atoms with Crippen LogP contribution in [0.4, 0.5) is 4.39 Å². The number of aryl methyl sites for hydroxylation is 1. The summed E-state index contributed by atoms with van der Waals surface area (Å²) in [7, 11) is -2.14. The molecule has 1 aliphatic rings. The zero-order valence-corrected chi connectivity index (χ0v) is 19.0. The third-order valence-corrected chi connectivity index (χ3v) is 6.27. The molecule has 1 N–H and O–H groups in total. The van der Waals surface area contributed by atoms with E-state index in [1.165, 1.54) is 24.3 Å². The second-order valence-electron chi connectivity index (χ2n) is 6.62. The van der Waals surface area contributed by atoms with Crippen molar-refractivity contribution < 1.29 is 21.8 Å². The van der Waals surface area contributed by atoms with Crippen molar-refractivity contribution in [2.75, 3.05) is 13.3 Å². The van der Waals surface area contributed by atoms with E-state index in [1.807, 2.05) is 6.92 Å². The molecule has 0 spiro atoms. The lowest BCUT2D eigenvalue weighted by molar-refractivity contribution is -0.124. The summed E-state index contributed by atoms with van der Waals surface area (Å²) >= 11 is 8.44. The van der Waals surface area contributed by atoms with Crippen molar-refractivity contribution in [3.05, 3.63) is 63.4 Å². The Bertz CT molecular complexity index is 1120. The Hall–Kier alpha value is -2.04. The van der Waals surface area contributed by atoms with E-state index in [0.29, 0.717) is 23.1 Å². The van der Waals surface area contributed by atoms with Gasteiger partial charge >= 0.3 is 10.1 Å². The molecule has 1 atom stereocenters. The highest BCUT2D eigenvalue weighted by Gasteiger charge is 2.52. The minimum absolute atomic E-state index is 0.132. The van der Waals surface area contributed by atoms with Gasteiger partial charge < -0.3 is 14.4 Å². The van der Waals surface area contributed by atoms with Gasteiger partial charge in [0.25, 0.3) is 5.91 Å². The van der Waals surface area contributed by atoms with Crippen LogP contribution in [0, 0.1) is 5.82 Å². The first-order chi connectivity index (χ1) is 13.5. The number of benzene rings is 2. The van der Waals surface area contributed by atoms with Crippen molar-refractivity contribution in [1.29, 1.82) is 0 Å². The highest BCUT2D eigenvalue weighted by molar-refractivity contribution is 9.10.